The second kappa shape index (κ2) is 10.9. The number of hydrogen-bond acceptors (Lipinski definition) is 8. The SMILES string of the molecule is CN(C)C1CN(c2nc(N3C4CCC3CN(C(=O)OC(C)(C)C)C4)c3cc(Cl)c(-c4cc(O)cc5ccccc45)c(F)c3n2)C1. The maximum Gasteiger partial charge on any atom is 0.410 e. The van der Waals surface area contributed by atoms with E-state index in [0.29, 0.717) is 41.8 Å². The van der Waals surface area contributed by atoms with Crippen molar-refractivity contribution in [1.29, 1.82) is 0 Å². The molecule has 1 amide bonds. The van der Waals surface area contributed by atoms with Crippen molar-refractivity contribution < 1.29 is 19.0 Å². The summed E-state index contributed by atoms with van der Waals surface area (Å²) in [5.41, 5.74) is 0.294. The Labute approximate surface area is 267 Å². The lowest BCUT2D eigenvalue weighted by Crippen LogP contribution is -2.58. The van der Waals surface area contributed by atoms with E-state index in [9.17, 15) is 9.90 Å². The fraction of sp³-hybridized carbons (Fsp3) is 0.441. The molecule has 236 valence electrons. The minimum absolute atomic E-state index is 0.00957. The Morgan fingerprint density at radius 2 is 1.71 bits per heavy atom. The second-order valence-electron chi connectivity index (χ2n) is 13.7. The quantitative estimate of drug-likeness (QED) is 0.281. The third-order valence-corrected chi connectivity index (χ3v) is 9.52. The van der Waals surface area contributed by atoms with Crippen molar-refractivity contribution in [1.82, 2.24) is 19.8 Å². The van der Waals surface area contributed by atoms with Crippen LogP contribution in [0.4, 0.5) is 21.0 Å². The number of likely N-dealkylation sites (tertiary alicyclic amines) is 1. The van der Waals surface area contributed by atoms with Crippen molar-refractivity contribution in [3.63, 3.8) is 0 Å². The number of phenolic OH excluding ortho intramolecular Hbond substituents is 1. The van der Waals surface area contributed by atoms with E-state index in [2.05, 4.69) is 14.7 Å². The normalized spacial score (nSPS) is 20.4. The molecule has 3 fully saturated rings. The molecule has 0 aliphatic carbocycles. The van der Waals surface area contributed by atoms with Gasteiger partial charge in [0.2, 0.25) is 5.95 Å². The first kappa shape index (κ1) is 29.8. The van der Waals surface area contributed by atoms with Gasteiger partial charge in [-0.15, -0.1) is 0 Å². The molecule has 0 radical (unpaired) electrons. The molecule has 1 aromatic heterocycles. The van der Waals surface area contributed by atoms with Crippen LogP contribution >= 0.6 is 11.6 Å². The van der Waals surface area contributed by atoms with Crippen molar-refractivity contribution in [2.75, 3.05) is 50.1 Å². The van der Waals surface area contributed by atoms with Crippen LogP contribution in [0, 0.1) is 5.82 Å². The number of benzene rings is 3. The Kier molecular flexibility index (Phi) is 7.20. The standard InChI is InChI=1S/C34H38ClFN6O3/c1-34(2,3)45-33(44)41-15-20-10-11-21(16-41)42(20)31-26-14-27(35)28(25-13-23(43)12-19-8-6-7-9-24(19)25)29(36)30(26)37-32(38-31)40-17-22(18-40)39(4)5/h6-9,12-14,20-22,43H,10-11,15-18H2,1-5H3. The molecular formula is C34H38ClFN6O3. The number of aromatic hydroxyl groups is 1. The van der Waals surface area contributed by atoms with Gasteiger partial charge in [0.15, 0.2) is 5.82 Å². The maximum atomic E-state index is 17.0. The largest absolute Gasteiger partial charge is 0.508 e. The van der Waals surface area contributed by atoms with Gasteiger partial charge >= 0.3 is 6.09 Å². The average molecular weight is 633 g/mol. The van der Waals surface area contributed by atoms with Gasteiger partial charge in [0.25, 0.3) is 0 Å². The summed E-state index contributed by atoms with van der Waals surface area (Å²) in [6, 6.07) is 12.8. The molecule has 2 atom stereocenters. The first-order valence-electron chi connectivity index (χ1n) is 15.5. The summed E-state index contributed by atoms with van der Waals surface area (Å²) in [6.07, 6.45) is 1.43. The van der Waals surface area contributed by atoms with E-state index in [1.807, 2.05) is 59.1 Å². The van der Waals surface area contributed by atoms with Crippen LogP contribution in [0.1, 0.15) is 33.6 Å². The Hall–Kier alpha value is -3.89. The number of halogens is 2. The number of phenols is 1. The van der Waals surface area contributed by atoms with Gasteiger partial charge in [-0.05, 0) is 82.2 Å². The molecular weight excluding hydrogens is 595 g/mol. The van der Waals surface area contributed by atoms with Gasteiger partial charge in [-0.3, -0.25) is 0 Å². The predicted molar refractivity (Wildman–Crippen MR) is 176 cm³/mol. The lowest BCUT2D eigenvalue weighted by atomic mass is 9.96. The van der Waals surface area contributed by atoms with Crippen molar-refractivity contribution in [3.8, 4) is 16.9 Å². The minimum Gasteiger partial charge on any atom is -0.508 e. The number of aromatic nitrogens is 2. The predicted octanol–water partition coefficient (Wildman–Crippen LogP) is 6.29. The highest BCUT2D eigenvalue weighted by Crippen LogP contribution is 2.45. The molecule has 4 heterocycles. The molecule has 3 aromatic carbocycles. The monoisotopic (exact) mass is 632 g/mol. The van der Waals surface area contributed by atoms with E-state index >= 15 is 4.39 Å². The molecule has 2 unspecified atom stereocenters. The molecule has 3 aliphatic rings. The van der Waals surface area contributed by atoms with E-state index < -0.39 is 11.4 Å². The van der Waals surface area contributed by atoms with Crippen molar-refractivity contribution in [2.45, 2.75) is 57.3 Å². The van der Waals surface area contributed by atoms with Gasteiger partial charge in [-0.25, -0.2) is 14.2 Å². The molecule has 0 saturated carbocycles. The number of hydrogen-bond donors (Lipinski definition) is 1. The van der Waals surface area contributed by atoms with E-state index in [4.69, 9.17) is 26.3 Å². The summed E-state index contributed by atoms with van der Waals surface area (Å²) in [7, 11) is 4.09. The number of carbonyl (C=O) groups is 1. The zero-order chi connectivity index (χ0) is 31.8. The molecule has 9 nitrogen and oxygen atoms in total. The highest BCUT2D eigenvalue weighted by Gasteiger charge is 2.44. The van der Waals surface area contributed by atoms with E-state index in [1.165, 1.54) is 0 Å². The lowest BCUT2D eigenvalue weighted by molar-refractivity contribution is 0.0209. The summed E-state index contributed by atoms with van der Waals surface area (Å²) in [6.45, 7) is 8.05. The van der Waals surface area contributed by atoms with E-state index in [0.717, 1.165) is 36.7 Å². The number of fused-ring (bicyclic) bond motifs is 4. The van der Waals surface area contributed by atoms with E-state index in [-0.39, 0.29) is 40.0 Å². The third kappa shape index (κ3) is 5.27. The van der Waals surface area contributed by atoms with Gasteiger partial charge in [0, 0.05) is 55.3 Å². The first-order chi connectivity index (χ1) is 21.4. The van der Waals surface area contributed by atoms with Crippen LogP contribution in [-0.2, 0) is 4.74 Å². The zero-order valence-electron chi connectivity index (χ0n) is 26.2. The molecule has 2 bridgehead atoms. The van der Waals surface area contributed by atoms with Crippen molar-refractivity contribution in [2.24, 2.45) is 0 Å². The Morgan fingerprint density at radius 1 is 1.02 bits per heavy atom. The van der Waals surface area contributed by atoms with Crippen LogP contribution in [-0.4, -0.2) is 95.0 Å². The van der Waals surface area contributed by atoms with Gasteiger partial charge in [-0.2, -0.15) is 4.98 Å². The molecule has 3 saturated heterocycles. The smallest absolute Gasteiger partial charge is 0.410 e. The van der Waals surface area contributed by atoms with Gasteiger partial charge in [-0.1, -0.05) is 35.9 Å². The number of amides is 1. The minimum atomic E-state index is -0.584. The summed E-state index contributed by atoms with van der Waals surface area (Å²) >= 11 is 6.93. The number of nitrogens with zero attached hydrogens (tertiary/aromatic N) is 6. The van der Waals surface area contributed by atoms with Crippen LogP contribution in [0.15, 0.2) is 42.5 Å². The number of rotatable bonds is 4. The summed E-state index contributed by atoms with van der Waals surface area (Å²) in [5, 5.41) is 12.8. The Morgan fingerprint density at radius 3 is 2.38 bits per heavy atom. The van der Waals surface area contributed by atoms with Crippen molar-refractivity contribution in [3.05, 3.63) is 53.3 Å². The average Bonchev–Trinajstić information content (AvgIpc) is 3.19. The van der Waals surface area contributed by atoms with Crippen LogP contribution < -0.4 is 9.80 Å². The molecule has 11 heteroatoms. The maximum absolute atomic E-state index is 17.0. The molecule has 1 N–H and O–H groups in total. The Bertz CT molecular complexity index is 1810. The second-order valence-corrected chi connectivity index (χ2v) is 14.1. The topological polar surface area (TPSA) is 85.3 Å². The van der Waals surface area contributed by atoms with Crippen LogP contribution in [0.2, 0.25) is 5.02 Å². The van der Waals surface area contributed by atoms with Gasteiger partial charge in [0.05, 0.1) is 5.02 Å². The molecule has 45 heavy (non-hydrogen) atoms. The van der Waals surface area contributed by atoms with Crippen LogP contribution in [0.25, 0.3) is 32.8 Å². The first-order valence-corrected chi connectivity index (χ1v) is 15.8. The van der Waals surface area contributed by atoms with Gasteiger partial charge in [0.1, 0.15) is 22.7 Å². The highest BCUT2D eigenvalue weighted by atomic mass is 35.5. The summed E-state index contributed by atoms with van der Waals surface area (Å²) in [4.78, 5) is 31.2. The summed E-state index contributed by atoms with van der Waals surface area (Å²) in [5.74, 6) is 0.575. The summed E-state index contributed by atoms with van der Waals surface area (Å²) < 4.78 is 22.6. The number of likely N-dealkylation sites (N-methyl/N-ethyl adjacent to an activating group) is 1. The molecule has 0 spiro atoms. The van der Waals surface area contributed by atoms with Crippen LogP contribution in [0.3, 0.4) is 0 Å². The van der Waals surface area contributed by atoms with E-state index in [1.54, 1.807) is 23.1 Å². The number of anilines is 2. The van der Waals surface area contributed by atoms with Crippen LogP contribution in [0.5, 0.6) is 5.75 Å². The number of ether oxygens (including phenoxy) is 1. The molecule has 4 aromatic rings. The van der Waals surface area contributed by atoms with Crippen molar-refractivity contribution >= 4 is 51.1 Å². The molecule has 7 rings (SSSR count). The number of piperazine rings is 1. The molecule has 3 aliphatic heterocycles. The zero-order valence-corrected chi connectivity index (χ0v) is 27.0. The number of carbonyl (C=O) groups excluding carboxylic acids is 1. The third-order valence-electron chi connectivity index (χ3n) is 9.22. The highest BCUT2D eigenvalue weighted by molar-refractivity contribution is 6.35. The van der Waals surface area contributed by atoms with Gasteiger partial charge < -0.3 is 29.4 Å². The Balaban J connectivity index is 1.36. The fourth-order valence-corrected chi connectivity index (χ4v) is 7.22. The fourth-order valence-electron chi connectivity index (χ4n) is 6.92. The lowest BCUT2D eigenvalue weighted by Gasteiger charge is -2.44.